The first-order valence-corrected chi connectivity index (χ1v) is 12.1. The molecule has 0 bridgehead atoms. The Morgan fingerprint density at radius 1 is 0.833 bits per heavy atom. The molecule has 0 aliphatic rings. The Labute approximate surface area is 158 Å². The number of halogens is 1. The molecular weight excluding hydrogens is 380 g/mol. The average Bonchev–Trinajstić information content (AvgIpc) is 2.48. The van der Waals surface area contributed by atoms with Crippen molar-refractivity contribution in [2.24, 2.45) is 5.92 Å². The second-order valence-corrected chi connectivity index (χ2v) is 14.3. The van der Waals surface area contributed by atoms with E-state index in [1.54, 1.807) is 0 Å². The Morgan fingerprint density at radius 3 is 1.79 bits per heavy atom. The lowest BCUT2D eigenvalue weighted by Crippen LogP contribution is -2.48. The second-order valence-electron chi connectivity index (χ2n) is 7.88. The van der Waals surface area contributed by atoms with Crippen molar-refractivity contribution in [1.82, 2.24) is 0 Å². The van der Waals surface area contributed by atoms with E-state index in [4.69, 9.17) is 9.16 Å². The van der Waals surface area contributed by atoms with Crippen LogP contribution in [0.3, 0.4) is 0 Å². The van der Waals surface area contributed by atoms with Crippen LogP contribution in [0.15, 0.2) is 28.7 Å². The molecular formula is C20H35BrO2Si. The minimum atomic E-state index is -1.76. The van der Waals surface area contributed by atoms with Crippen LogP contribution in [0.5, 0.6) is 0 Å². The van der Waals surface area contributed by atoms with Crippen molar-refractivity contribution in [3.63, 3.8) is 0 Å². The van der Waals surface area contributed by atoms with E-state index in [9.17, 15) is 0 Å². The highest BCUT2D eigenvalue weighted by Crippen LogP contribution is 2.42. The van der Waals surface area contributed by atoms with Gasteiger partial charge in [0.05, 0.1) is 13.2 Å². The minimum absolute atomic E-state index is 0.420. The van der Waals surface area contributed by atoms with Crippen molar-refractivity contribution in [3.8, 4) is 0 Å². The molecule has 1 unspecified atom stereocenters. The van der Waals surface area contributed by atoms with E-state index in [2.05, 4.69) is 88.7 Å². The van der Waals surface area contributed by atoms with Gasteiger partial charge in [-0.05, 0) is 34.3 Å². The first-order chi connectivity index (χ1) is 11.2. The second kappa shape index (κ2) is 10.1. The molecule has 1 rings (SSSR count). The monoisotopic (exact) mass is 414 g/mol. The van der Waals surface area contributed by atoms with Crippen LogP contribution in [-0.2, 0) is 15.8 Å². The SMILES string of the molecule is CC(COCc1ccc(Br)cc1)CO[Si](C(C)C)(C(C)C)C(C)C. The van der Waals surface area contributed by atoms with Crippen LogP contribution < -0.4 is 0 Å². The van der Waals surface area contributed by atoms with Gasteiger partial charge in [-0.2, -0.15) is 0 Å². The van der Waals surface area contributed by atoms with Crippen molar-refractivity contribution in [1.29, 1.82) is 0 Å². The van der Waals surface area contributed by atoms with Crippen molar-refractivity contribution < 1.29 is 9.16 Å². The zero-order valence-corrected chi connectivity index (χ0v) is 19.0. The third kappa shape index (κ3) is 5.97. The summed E-state index contributed by atoms with van der Waals surface area (Å²) in [5.74, 6) is 0.420. The lowest BCUT2D eigenvalue weighted by Gasteiger charge is -2.42. The van der Waals surface area contributed by atoms with Gasteiger partial charge in [-0.25, -0.2) is 0 Å². The van der Waals surface area contributed by atoms with Crippen molar-refractivity contribution >= 4 is 24.2 Å². The molecule has 138 valence electrons. The number of hydrogen-bond acceptors (Lipinski definition) is 2. The van der Waals surface area contributed by atoms with E-state index in [1.807, 2.05) is 0 Å². The minimum Gasteiger partial charge on any atom is -0.416 e. The molecule has 2 nitrogen and oxygen atoms in total. The maximum Gasteiger partial charge on any atom is 0.200 e. The summed E-state index contributed by atoms with van der Waals surface area (Å²) in [6.07, 6.45) is 0. The van der Waals surface area contributed by atoms with Gasteiger partial charge in [0.25, 0.3) is 0 Å². The fraction of sp³-hybridized carbons (Fsp3) is 0.700. The topological polar surface area (TPSA) is 18.5 Å². The number of ether oxygens (including phenoxy) is 1. The summed E-state index contributed by atoms with van der Waals surface area (Å²) in [6, 6.07) is 8.30. The molecule has 0 saturated heterocycles. The van der Waals surface area contributed by atoms with E-state index >= 15 is 0 Å². The molecule has 0 aromatic heterocycles. The standard InChI is InChI=1S/C20H35BrO2Si/c1-15(2)24(16(3)4,17(5)6)23-13-18(7)12-22-14-19-8-10-20(21)11-9-19/h8-11,15-18H,12-14H2,1-7H3. The number of benzene rings is 1. The van der Waals surface area contributed by atoms with Crippen LogP contribution in [-0.4, -0.2) is 21.5 Å². The molecule has 24 heavy (non-hydrogen) atoms. The third-order valence-electron chi connectivity index (χ3n) is 4.91. The lowest BCUT2D eigenvalue weighted by molar-refractivity contribution is 0.0707. The third-order valence-corrected chi connectivity index (χ3v) is 11.5. The summed E-state index contributed by atoms with van der Waals surface area (Å²) in [6.45, 7) is 18.4. The summed E-state index contributed by atoms with van der Waals surface area (Å²) in [4.78, 5) is 0. The zero-order valence-electron chi connectivity index (χ0n) is 16.4. The van der Waals surface area contributed by atoms with Crippen LogP contribution in [0.25, 0.3) is 0 Å². The Balaban J connectivity index is 2.48. The van der Waals surface area contributed by atoms with Gasteiger partial charge in [-0.15, -0.1) is 0 Å². The highest BCUT2D eigenvalue weighted by atomic mass is 79.9. The van der Waals surface area contributed by atoms with Crippen LogP contribution in [0, 0.1) is 5.92 Å². The van der Waals surface area contributed by atoms with E-state index in [-0.39, 0.29) is 0 Å². The molecule has 1 aromatic carbocycles. The Kier molecular flexibility index (Phi) is 9.21. The van der Waals surface area contributed by atoms with Crippen molar-refractivity contribution in [2.75, 3.05) is 13.2 Å². The number of rotatable bonds is 10. The van der Waals surface area contributed by atoms with Crippen LogP contribution in [0.1, 0.15) is 54.0 Å². The van der Waals surface area contributed by atoms with Crippen LogP contribution in [0.4, 0.5) is 0 Å². The van der Waals surface area contributed by atoms with Crippen molar-refractivity contribution in [2.45, 2.75) is 71.7 Å². The fourth-order valence-corrected chi connectivity index (χ4v) is 9.63. The van der Waals surface area contributed by atoms with Crippen LogP contribution in [0.2, 0.25) is 16.6 Å². The fourth-order valence-electron chi connectivity index (χ4n) is 3.79. The van der Waals surface area contributed by atoms with E-state index < -0.39 is 8.32 Å². The van der Waals surface area contributed by atoms with E-state index in [0.717, 1.165) is 17.7 Å². The summed E-state index contributed by atoms with van der Waals surface area (Å²) in [5, 5.41) is 0. The molecule has 0 N–H and O–H groups in total. The quantitative estimate of drug-likeness (QED) is 0.392. The van der Waals surface area contributed by atoms with E-state index in [0.29, 0.717) is 29.1 Å². The predicted octanol–water partition coefficient (Wildman–Crippen LogP) is 6.79. The predicted molar refractivity (Wildman–Crippen MR) is 110 cm³/mol. The molecule has 0 fully saturated rings. The zero-order chi connectivity index (χ0) is 18.3. The van der Waals surface area contributed by atoms with Crippen LogP contribution >= 0.6 is 15.9 Å². The van der Waals surface area contributed by atoms with Gasteiger partial charge in [0, 0.05) is 17.0 Å². The van der Waals surface area contributed by atoms with E-state index in [1.165, 1.54) is 5.56 Å². The first-order valence-electron chi connectivity index (χ1n) is 9.16. The van der Waals surface area contributed by atoms with Gasteiger partial charge in [-0.3, -0.25) is 0 Å². The molecule has 0 aliphatic carbocycles. The Morgan fingerprint density at radius 2 is 1.33 bits per heavy atom. The normalized spacial score (nSPS) is 14.0. The highest BCUT2D eigenvalue weighted by molar-refractivity contribution is 9.10. The average molecular weight is 415 g/mol. The maximum atomic E-state index is 6.65. The van der Waals surface area contributed by atoms with Gasteiger partial charge in [0.2, 0.25) is 0 Å². The largest absolute Gasteiger partial charge is 0.416 e. The van der Waals surface area contributed by atoms with Gasteiger partial charge in [0.15, 0.2) is 8.32 Å². The first kappa shape index (κ1) is 21.9. The molecule has 0 amide bonds. The smallest absolute Gasteiger partial charge is 0.200 e. The number of hydrogen-bond donors (Lipinski definition) is 0. The Bertz CT molecular complexity index is 449. The van der Waals surface area contributed by atoms with Gasteiger partial charge >= 0.3 is 0 Å². The van der Waals surface area contributed by atoms with Gasteiger partial charge < -0.3 is 9.16 Å². The molecule has 0 heterocycles. The lowest BCUT2D eigenvalue weighted by atomic mass is 10.2. The molecule has 0 saturated carbocycles. The molecule has 0 radical (unpaired) electrons. The highest BCUT2D eigenvalue weighted by Gasteiger charge is 2.45. The molecule has 1 atom stereocenters. The molecule has 0 spiro atoms. The maximum absolute atomic E-state index is 6.65. The summed E-state index contributed by atoms with van der Waals surface area (Å²) < 4.78 is 13.6. The van der Waals surface area contributed by atoms with Gasteiger partial charge in [-0.1, -0.05) is 76.5 Å². The summed E-state index contributed by atoms with van der Waals surface area (Å²) in [5.41, 5.74) is 3.11. The van der Waals surface area contributed by atoms with Gasteiger partial charge in [0.1, 0.15) is 0 Å². The Hall–Kier alpha value is -0.163. The molecule has 1 aromatic rings. The van der Waals surface area contributed by atoms with Crippen molar-refractivity contribution in [3.05, 3.63) is 34.3 Å². The summed E-state index contributed by atoms with van der Waals surface area (Å²) >= 11 is 3.46. The summed E-state index contributed by atoms with van der Waals surface area (Å²) in [7, 11) is -1.76. The molecule has 0 aliphatic heterocycles. The molecule has 4 heteroatoms.